The van der Waals surface area contributed by atoms with Crippen molar-refractivity contribution < 1.29 is 26.5 Å². The summed E-state index contributed by atoms with van der Waals surface area (Å²) in [6.45, 7) is 7.26. The van der Waals surface area contributed by atoms with E-state index in [0.717, 1.165) is 29.0 Å². The fourth-order valence-corrected chi connectivity index (χ4v) is 3.66. The van der Waals surface area contributed by atoms with E-state index in [1.165, 1.54) is 3.92 Å². The topological polar surface area (TPSA) is 30.8 Å². The average molecular weight is 543 g/mol. The van der Waals surface area contributed by atoms with Crippen LogP contribution in [0, 0.1) is 66.1 Å². The van der Waals surface area contributed by atoms with Gasteiger partial charge in [0.1, 0.15) is 12.4 Å². The SMILES string of the molecule is COc1ccc([C]2[CH][CH][C](I)[C]2C2=N[C@@H](C(C)(C)C)CO2)cc1.[CH]1[CH][CH][CH][CH]1.[Fe+2]. The molecule has 1 atom stereocenters. The van der Waals surface area contributed by atoms with Gasteiger partial charge in [-0.3, -0.25) is 0 Å². The smallest absolute Gasteiger partial charge is 0.497 e. The van der Waals surface area contributed by atoms with Crippen LogP contribution in [0.1, 0.15) is 26.3 Å². The van der Waals surface area contributed by atoms with Crippen LogP contribution in [0.3, 0.4) is 0 Å². The first-order chi connectivity index (χ1) is 13.4. The van der Waals surface area contributed by atoms with Gasteiger partial charge in [0.2, 0.25) is 0 Å². The molecule has 0 saturated heterocycles. The predicted molar refractivity (Wildman–Crippen MR) is 123 cm³/mol. The van der Waals surface area contributed by atoms with Gasteiger partial charge in [0.15, 0.2) is 5.90 Å². The molecule has 152 valence electrons. The minimum atomic E-state index is 0. The van der Waals surface area contributed by atoms with Gasteiger partial charge >= 0.3 is 17.1 Å². The van der Waals surface area contributed by atoms with Crippen molar-refractivity contribution in [1.82, 2.24) is 0 Å². The molecule has 0 aromatic heterocycles. The molecule has 0 unspecified atom stereocenters. The van der Waals surface area contributed by atoms with Gasteiger partial charge in [-0.1, -0.05) is 55.5 Å². The molecule has 3 nitrogen and oxygen atoms in total. The van der Waals surface area contributed by atoms with Crippen LogP contribution in [0.2, 0.25) is 0 Å². The Balaban J connectivity index is 0.000000437. The van der Waals surface area contributed by atoms with Crippen molar-refractivity contribution >= 4 is 28.5 Å². The Labute approximate surface area is 201 Å². The van der Waals surface area contributed by atoms with Crippen molar-refractivity contribution in [2.24, 2.45) is 10.4 Å². The Morgan fingerprint density at radius 2 is 1.59 bits per heavy atom. The van der Waals surface area contributed by atoms with E-state index in [1.807, 2.05) is 44.2 Å². The van der Waals surface area contributed by atoms with Crippen LogP contribution >= 0.6 is 22.6 Å². The second kappa shape index (κ2) is 11.4. The molecule has 0 bridgehead atoms. The third-order valence-electron chi connectivity index (χ3n) is 4.73. The zero-order chi connectivity index (χ0) is 20.1. The third-order valence-corrected chi connectivity index (χ3v) is 5.62. The van der Waals surface area contributed by atoms with Crippen molar-refractivity contribution in [3.05, 3.63) is 90.5 Å². The van der Waals surface area contributed by atoms with E-state index >= 15 is 0 Å². The molecule has 2 fully saturated rings. The third kappa shape index (κ3) is 6.61. The van der Waals surface area contributed by atoms with Gasteiger partial charge in [-0.2, -0.15) is 0 Å². The molecule has 10 radical (unpaired) electrons. The zero-order valence-electron chi connectivity index (χ0n) is 17.1. The van der Waals surface area contributed by atoms with Gasteiger partial charge in [0.25, 0.3) is 0 Å². The van der Waals surface area contributed by atoms with Crippen LogP contribution in [-0.4, -0.2) is 25.7 Å². The molecule has 1 heterocycles. The van der Waals surface area contributed by atoms with E-state index in [9.17, 15) is 0 Å². The Morgan fingerprint density at radius 3 is 2.07 bits per heavy atom. The van der Waals surface area contributed by atoms with E-state index in [1.54, 1.807) is 7.11 Å². The number of methoxy groups -OCH3 is 1. The first kappa shape index (κ1) is 25.0. The van der Waals surface area contributed by atoms with Gasteiger partial charge in [-0.25, -0.2) is 4.99 Å². The van der Waals surface area contributed by atoms with Crippen LogP contribution in [0.15, 0.2) is 29.3 Å². The van der Waals surface area contributed by atoms with Crippen molar-refractivity contribution in [1.29, 1.82) is 0 Å². The fourth-order valence-electron chi connectivity index (χ4n) is 2.96. The molecular formula is C24H26FeINO2+2. The second-order valence-electron chi connectivity index (χ2n) is 7.79. The summed E-state index contributed by atoms with van der Waals surface area (Å²) < 4.78 is 12.4. The molecule has 4 rings (SSSR count). The average Bonchev–Trinajstić information content (AvgIpc) is 3.43. The first-order valence-corrected chi connectivity index (χ1v) is 10.5. The number of hydrogen-bond donors (Lipinski definition) is 0. The Morgan fingerprint density at radius 1 is 1.00 bits per heavy atom. The Hall–Kier alpha value is -0.261. The maximum absolute atomic E-state index is 5.94. The maximum Gasteiger partial charge on any atom is 2.00 e. The molecule has 0 amide bonds. The van der Waals surface area contributed by atoms with Crippen molar-refractivity contribution in [3.8, 4) is 5.75 Å². The first-order valence-electron chi connectivity index (χ1n) is 9.37. The summed E-state index contributed by atoms with van der Waals surface area (Å²) in [5, 5.41) is 0. The van der Waals surface area contributed by atoms with Crippen LogP contribution in [0.5, 0.6) is 5.75 Å². The number of aliphatic imine (C=N–C) groups is 1. The van der Waals surface area contributed by atoms with E-state index in [4.69, 9.17) is 14.5 Å². The summed E-state index contributed by atoms with van der Waals surface area (Å²) in [5.74, 6) is 3.89. The normalized spacial score (nSPS) is 23.1. The van der Waals surface area contributed by atoms with E-state index in [0.29, 0.717) is 6.61 Å². The number of benzene rings is 1. The molecular weight excluding hydrogens is 517 g/mol. The van der Waals surface area contributed by atoms with Gasteiger partial charge < -0.3 is 9.47 Å². The number of halogens is 1. The maximum atomic E-state index is 5.94. The summed E-state index contributed by atoms with van der Waals surface area (Å²) >= 11 is 2.35. The summed E-state index contributed by atoms with van der Waals surface area (Å²) in [5.41, 5.74) is 1.26. The Bertz CT molecular complexity index is 644. The second-order valence-corrected chi connectivity index (χ2v) is 8.95. The van der Waals surface area contributed by atoms with Crippen LogP contribution < -0.4 is 4.74 Å². The van der Waals surface area contributed by atoms with Crippen molar-refractivity contribution in [3.63, 3.8) is 0 Å². The van der Waals surface area contributed by atoms with Gasteiger partial charge in [-0.15, -0.1) is 0 Å². The molecule has 5 heteroatoms. The summed E-state index contributed by atoms with van der Waals surface area (Å²) in [4.78, 5) is 4.85. The molecule has 0 N–H and O–H groups in total. The van der Waals surface area contributed by atoms with E-state index < -0.39 is 0 Å². The quantitative estimate of drug-likeness (QED) is 0.376. The molecule has 29 heavy (non-hydrogen) atoms. The minimum Gasteiger partial charge on any atom is -0.497 e. The molecule has 2 aliphatic carbocycles. The number of nitrogens with zero attached hydrogens (tertiary/aromatic N) is 1. The van der Waals surface area contributed by atoms with E-state index in [-0.39, 0.29) is 28.5 Å². The van der Waals surface area contributed by atoms with Gasteiger partial charge in [0, 0.05) is 5.92 Å². The number of hydrogen-bond acceptors (Lipinski definition) is 3. The molecule has 1 aromatic rings. The van der Waals surface area contributed by atoms with Crippen molar-refractivity contribution in [2.45, 2.75) is 26.8 Å². The predicted octanol–water partition coefficient (Wildman–Crippen LogP) is 5.44. The number of ether oxygens (including phenoxy) is 2. The monoisotopic (exact) mass is 543 g/mol. The summed E-state index contributed by atoms with van der Waals surface area (Å²) in [7, 11) is 1.68. The molecule has 1 aliphatic heterocycles. The fraction of sp³-hybridized carbons (Fsp3) is 0.292. The Kier molecular flexibility index (Phi) is 9.82. The number of rotatable bonds is 3. The summed E-state index contributed by atoms with van der Waals surface area (Å²) in [6, 6.07) is 8.31. The van der Waals surface area contributed by atoms with Gasteiger partial charge in [0.05, 0.1) is 23.0 Å². The van der Waals surface area contributed by atoms with Crippen molar-refractivity contribution in [2.75, 3.05) is 13.7 Å². The molecule has 1 aromatic carbocycles. The minimum absolute atomic E-state index is 0. The van der Waals surface area contributed by atoms with Crippen LogP contribution in [0.25, 0.3) is 0 Å². The van der Waals surface area contributed by atoms with E-state index in [2.05, 4.69) is 68.3 Å². The largest absolute Gasteiger partial charge is 2.00 e. The molecule has 3 aliphatic rings. The van der Waals surface area contributed by atoms with Crippen LogP contribution in [0.4, 0.5) is 0 Å². The summed E-state index contributed by atoms with van der Waals surface area (Å²) in [6.07, 6.45) is 14.3. The zero-order valence-corrected chi connectivity index (χ0v) is 20.4. The van der Waals surface area contributed by atoms with Crippen LogP contribution in [-0.2, 0) is 21.8 Å². The molecule has 2 saturated carbocycles. The van der Waals surface area contributed by atoms with Gasteiger partial charge in [-0.05, 0) is 68.1 Å². The molecule has 0 spiro atoms. The standard InChI is InChI=1S/C19H21INO2.C5H5.Fe/c1-19(2,3)16-11-23-18(21-16)17-14(9-10-15(17)20)12-5-7-13(22-4)8-6-12;1-2-4-5-3-1;/h5-10,16H,11H2,1-4H3;1-5H;/q;;+2/t16-;;/m1../s1.